The normalized spacial score (nSPS) is 14.1. The van der Waals surface area contributed by atoms with Crippen LogP contribution in [-0.4, -0.2) is 36.2 Å². The fourth-order valence-corrected chi connectivity index (χ4v) is 6.99. The van der Waals surface area contributed by atoms with Crippen LogP contribution < -0.4 is 15.9 Å². The molecule has 0 aliphatic carbocycles. The van der Waals surface area contributed by atoms with Crippen molar-refractivity contribution in [2.75, 3.05) is 0 Å². The Morgan fingerprint density at radius 3 is 0.854 bits per heavy atom. The molecule has 48 heavy (non-hydrogen) atoms. The van der Waals surface area contributed by atoms with Gasteiger partial charge in [0.1, 0.15) is 0 Å². The predicted octanol–water partition coefficient (Wildman–Crippen LogP) is 9.64. The molecule has 0 fully saturated rings. The summed E-state index contributed by atoms with van der Waals surface area (Å²) < 4.78 is 134. The molecule has 0 bridgehead atoms. The lowest BCUT2D eigenvalue weighted by Gasteiger charge is -2.31. The minimum absolute atomic E-state index is 0.171. The van der Waals surface area contributed by atoms with Crippen LogP contribution in [-0.2, 0) is 26.4 Å². The molecule has 0 unspecified atom stereocenters. The van der Waals surface area contributed by atoms with E-state index >= 15 is 0 Å². The van der Waals surface area contributed by atoms with E-state index in [1.165, 1.54) is 32.6 Å². The van der Waals surface area contributed by atoms with Crippen molar-refractivity contribution in [2.24, 2.45) is 0 Å². The van der Waals surface area contributed by atoms with Crippen molar-refractivity contribution in [3.8, 4) is 0 Å². The Labute approximate surface area is 277 Å². The van der Waals surface area contributed by atoms with Crippen molar-refractivity contribution in [1.29, 1.82) is 0 Å². The van der Waals surface area contributed by atoms with Crippen molar-refractivity contribution in [3.63, 3.8) is 0 Å². The van der Waals surface area contributed by atoms with Crippen LogP contribution in [0.1, 0.15) is 79.0 Å². The van der Waals surface area contributed by atoms with Gasteiger partial charge in [0, 0.05) is 0 Å². The second-order valence-electron chi connectivity index (χ2n) is 14.4. The highest BCUT2D eigenvalue weighted by molar-refractivity contribution is 7.87. The summed E-state index contributed by atoms with van der Waals surface area (Å²) >= 11 is 0. The molecular weight excluding hydrogens is 690 g/mol. The Hall–Kier alpha value is -2.63. The summed E-state index contributed by atoms with van der Waals surface area (Å²) in [5.74, 6) is -14.7. The SMILES string of the molecule is CC(C)(C)c1ccc(P(c2ccc(C(C)(C)C)cc2)c2ccc(C(C)(C)C)cc2)cc1.O=S(=O)(O)C(F)(F)C(F)(F)C(F)(F)C(F)(F)F. The molecule has 0 heterocycles. The van der Waals surface area contributed by atoms with E-state index in [-0.39, 0.29) is 16.2 Å². The first-order valence-electron chi connectivity index (χ1n) is 14.6. The van der Waals surface area contributed by atoms with E-state index in [0.717, 1.165) is 0 Å². The molecule has 0 aliphatic heterocycles. The van der Waals surface area contributed by atoms with Gasteiger partial charge >= 0.3 is 33.4 Å². The molecule has 0 aromatic heterocycles. The molecule has 3 rings (SSSR count). The third kappa shape index (κ3) is 8.93. The van der Waals surface area contributed by atoms with Gasteiger partial charge in [-0.1, -0.05) is 135 Å². The molecule has 268 valence electrons. The van der Waals surface area contributed by atoms with Gasteiger partial charge in [0.2, 0.25) is 0 Å². The minimum Gasteiger partial charge on any atom is -0.281 e. The van der Waals surface area contributed by atoms with E-state index in [2.05, 4.69) is 135 Å². The molecule has 3 aromatic rings. The summed E-state index contributed by atoms with van der Waals surface area (Å²) in [4.78, 5) is 0. The van der Waals surface area contributed by atoms with Crippen molar-refractivity contribution in [1.82, 2.24) is 0 Å². The predicted molar refractivity (Wildman–Crippen MR) is 174 cm³/mol. The van der Waals surface area contributed by atoms with Gasteiger partial charge in [-0.2, -0.15) is 47.9 Å². The standard InChI is InChI=1S/C30H39P.C4HF9O3S/c1-28(2,3)22-10-16-25(17-11-22)31(26-18-12-23(13-19-26)29(4,5)6)27-20-14-24(15-21-27)30(7,8)9;5-1(6,3(9,10)11)2(7,8)4(12,13)17(14,15)16/h10-21H,1-9H3;(H,14,15,16). The van der Waals surface area contributed by atoms with Gasteiger partial charge < -0.3 is 0 Å². The van der Waals surface area contributed by atoms with Crippen LogP contribution in [0, 0.1) is 0 Å². The molecule has 0 spiro atoms. The third-order valence-electron chi connectivity index (χ3n) is 7.41. The fraction of sp³-hybridized carbons (Fsp3) is 0.471. The maximum absolute atomic E-state index is 12.2. The highest BCUT2D eigenvalue weighted by atomic mass is 32.2. The maximum atomic E-state index is 12.2. The molecule has 0 amide bonds. The van der Waals surface area contributed by atoms with Crippen molar-refractivity contribution in [2.45, 2.75) is 102 Å². The summed E-state index contributed by atoms with van der Waals surface area (Å²) in [6.07, 6.45) is -7.13. The molecule has 0 aliphatic rings. The van der Waals surface area contributed by atoms with E-state index in [1.54, 1.807) is 0 Å². The summed E-state index contributed by atoms with van der Waals surface area (Å²) in [5.41, 5.74) is 4.67. The lowest BCUT2D eigenvalue weighted by atomic mass is 9.87. The first-order chi connectivity index (χ1) is 21.3. The molecule has 3 aromatic carbocycles. The van der Waals surface area contributed by atoms with E-state index in [0.29, 0.717) is 0 Å². The zero-order valence-corrected chi connectivity index (χ0v) is 29.7. The lowest BCUT2D eigenvalue weighted by molar-refractivity contribution is -0.382. The second kappa shape index (κ2) is 13.6. The lowest BCUT2D eigenvalue weighted by Crippen LogP contribution is -2.63. The Morgan fingerprint density at radius 2 is 0.688 bits per heavy atom. The van der Waals surface area contributed by atoms with Crippen molar-refractivity contribution >= 4 is 34.0 Å². The first kappa shape index (κ1) is 41.5. The van der Waals surface area contributed by atoms with Gasteiger partial charge in [-0.25, -0.2) is 0 Å². The molecule has 0 saturated heterocycles. The Kier molecular flexibility index (Phi) is 11.8. The van der Waals surface area contributed by atoms with Crippen LogP contribution in [0.2, 0.25) is 0 Å². The molecular formula is C34H40F9O3PS. The van der Waals surface area contributed by atoms with Crippen molar-refractivity contribution in [3.05, 3.63) is 89.5 Å². The van der Waals surface area contributed by atoms with Gasteiger partial charge in [0.05, 0.1) is 0 Å². The molecule has 0 radical (unpaired) electrons. The number of rotatable bonds is 6. The highest BCUT2D eigenvalue weighted by Gasteiger charge is 2.85. The largest absolute Gasteiger partial charge is 0.460 e. The Balaban J connectivity index is 0.000000401. The summed E-state index contributed by atoms with van der Waals surface area (Å²) in [7, 11) is -7.76. The maximum Gasteiger partial charge on any atom is 0.460 e. The number of alkyl halides is 9. The van der Waals surface area contributed by atoms with Gasteiger partial charge in [-0.15, -0.1) is 0 Å². The zero-order chi connectivity index (χ0) is 37.5. The quantitative estimate of drug-likeness (QED) is 0.156. The van der Waals surface area contributed by atoms with Gasteiger partial charge in [0.25, 0.3) is 0 Å². The van der Waals surface area contributed by atoms with Crippen LogP contribution >= 0.6 is 7.92 Å². The van der Waals surface area contributed by atoms with Crippen LogP contribution in [0.4, 0.5) is 39.5 Å². The monoisotopic (exact) mass is 730 g/mol. The van der Waals surface area contributed by atoms with E-state index in [1.807, 2.05) is 0 Å². The average Bonchev–Trinajstić information content (AvgIpc) is 2.91. The van der Waals surface area contributed by atoms with Gasteiger partial charge in [0.15, 0.2) is 0 Å². The van der Waals surface area contributed by atoms with Gasteiger partial charge in [-0.3, -0.25) is 4.55 Å². The summed E-state index contributed by atoms with van der Waals surface area (Å²) in [6, 6.07) is 28.0. The van der Waals surface area contributed by atoms with Crippen molar-refractivity contribution < 1.29 is 52.5 Å². The first-order valence-corrected chi connectivity index (χ1v) is 17.3. The zero-order valence-electron chi connectivity index (χ0n) is 27.9. The summed E-state index contributed by atoms with van der Waals surface area (Å²) in [5, 5.41) is -2.76. The summed E-state index contributed by atoms with van der Waals surface area (Å²) in [6.45, 7) is 20.5. The second-order valence-corrected chi connectivity index (χ2v) is 18.0. The van der Waals surface area contributed by atoms with Crippen LogP contribution in [0.5, 0.6) is 0 Å². The van der Waals surface area contributed by atoms with E-state index in [4.69, 9.17) is 4.55 Å². The number of halogens is 9. The van der Waals surface area contributed by atoms with E-state index < -0.39 is 41.3 Å². The van der Waals surface area contributed by atoms with Crippen LogP contribution in [0.15, 0.2) is 72.8 Å². The Morgan fingerprint density at radius 1 is 0.458 bits per heavy atom. The minimum atomic E-state index is -7.37. The molecule has 14 heteroatoms. The topological polar surface area (TPSA) is 54.4 Å². The number of hydrogen-bond donors (Lipinski definition) is 1. The average molecular weight is 731 g/mol. The van der Waals surface area contributed by atoms with Crippen LogP contribution in [0.25, 0.3) is 0 Å². The third-order valence-corrected chi connectivity index (χ3v) is 10.8. The smallest absolute Gasteiger partial charge is 0.281 e. The molecule has 0 saturated carbocycles. The molecule has 0 atom stereocenters. The molecule has 3 nitrogen and oxygen atoms in total. The number of hydrogen-bond acceptors (Lipinski definition) is 2. The van der Waals surface area contributed by atoms with E-state index in [9.17, 15) is 47.9 Å². The highest BCUT2D eigenvalue weighted by Crippen LogP contribution is 2.54. The molecule has 1 N–H and O–H groups in total. The van der Waals surface area contributed by atoms with Crippen LogP contribution in [0.3, 0.4) is 0 Å². The number of benzene rings is 3. The Bertz CT molecular complexity index is 1490. The van der Waals surface area contributed by atoms with Gasteiger partial charge in [-0.05, 0) is 56.8 Å². The fourth-order valence-electron chi connectivity index (χ4n) is 4.30.